The predicted molar refractivity (Wildman–Crippen MR) is 153 cm³/mol. The predicted octanol–water partition coefficient (Wildman–Crippen LogP) is 4.88. The van der Waals surface area contributed by atoms with Crippen LogP contribution in [0.5, 0.6) is 11.5 Å². The Morgan fingerprint density at radius 1 is 0.900 bits per heavy atom. The second-order valence-corrected chi connectivity index (χ2v) is 9.76. The summed E-state index contributed by atoms with van der Waals surface area (Å²) in [5.41, 5.74) is 3.52. The van der Waals surface area contributed by atoms with Crippen LogP contribution in [0.15, 0.2) is 83.8 Å². The molecule has 3 heterocycles. The number of rotatable bonds is 7. The van der Waals surface area contributed by atoms with Crippen molar-refractivity contribution in [1.29, 1.82) is 0 Å². The summed E-state index contributed by atoms with van der Waals surface area (Å²) >= 11 is 1.24. The first kappa shape index (κ1) is 25.2. The number of halogens is 1. The van der Waals surface area contributed by atoms with Gasteiger partial charge in [0.2, 0.25) is 4.96 Å². The first-order chi connectivity index (χ1) is 19.5. The minimum absolute atomic E-state index is 0.282. The molecule has 0 radical (unpaired) electrons. The lowest BCUT2D eigenvalue weighted by molar-refractivity contribution is 0.355. The van der Waals surface area contributed by atoms with E-state index >= 15 is 0 Å². The normalized spacial score (nSPS) is 12.0. The second kappa shape index (κ2) is 10.6. The van der Waals surface area contributed by atoms with E-state index in [9.17, 15) is 9.18 Å². The Labute approximate surface area is 231 Å². The third kappa shape index (κ3) is 4.87. The Bertz CT molecular complexity index is 1960. The van der Waals surface area contributed by atoms with Gasteiger partial charge in [-0.25, -0.2) is 9.07 Å². The zero-order valence-electron chi connectivity index (χ0n) is 21.5. The van der Waals surface area contributed by atoms with E-state index in [2.05, 4.69) is 10.1 Å². The van der Waals surface area contributed by atoms with Crippen LogP contribution in [0.4, 0.5) is 4.39 Å². The molecule has 0 aliphatic rings. The minimum Gasteiger partial charge on any atom is -0.493 e. The van der Waals surface area contributed by atoms with Gasteiger partial charge >= 0.3 is 0 Å². The number of methoxy groups -OCH3 is 2. The van der Waals surface area contributed by atoms with Gasteiger partial charge in [-0.1, -0.05) is 41.7 Å². The molecular weight excluding hydrogens is 529 g/mol. The standard InChI is InChI=1S/C30H22FN5O3S/c1-38-24-14-8-19(16-25(24)39-2)9-15-27-32-30-36(33-27)29(37)26(40-30)17-21-18-35(23-6-4-3-5-7-23)34-28(21)20-10-12-22(31)13-11-20/h3-18H,1-2H3/b15-9+,26-17-. The molecule has 0 spiro atoms. The Balaban J connectivity index is 1.37. The van der Waals surface area contributed by atoms with Crippen LogP contribution >= 0.6 is 11.3 Å². The summed E-state index contributed by atoms with van der Waals surface area (Å²) in [6.45, 7) is 0. The van der Waals surface area contributed by atoms with E-state index in [1.165, 1.54) is 28.0 Å². The summed E-state index contributed by atoms with van der Waals surface area (Å²) in [4.78, 5) is 18.2. The van der Waals surface area contributed by atoms with Gasteiger partial charge in [0.05, 0.1) is 24.4 Å². The van der Waals surface area contributed by atoms with E-state index in [4.69, 9.17) is 14.6 Å². The van der Waals surface area contributed by atoms with Crippen molar-refractivity contribution < 1.29 is 13.9 Å². The van der Waals surface area contributed by atoms with E-state index in [0.29, 0.717) is 38.1 Å². The quantitative estimate of drug-likeness (QED) is 0.281. The second-order valence-electron chi connectivity index (χ2n) is 8.75. The fourth-order valence-electron chi connectivity index (χ4n) is 4.23. The van der Waals surface area contributed by atoms with Crippen LogP contribution in [0.2, 0.25) is 0 Å². The molecule has 0 aliphatic carbocycles. The van der Waals surface area contributed by atoms with Crippen LogP contribution in [-0.2, 0) is 0 Å². The highest BCUT2D eigenvalue weighted by molar-refractivity contribution is 7.15. The highest BCUT2D eigenvalue weighted by atomic mass is 32.1. The molecule has 8 nitrogen and oxygen atoms in total. The molecule has 3 aromatic heterocycles. The molecule has 10 heteroatoms. The first-order valence-electron chi connectivity index (χ1n) is 12.2. The smallest absolute Gasteiger partial charge is 0.291 e. The SMILES string of the molecule is COc1ccc(/C=C/c2nc3s/c(=C\c4cn(-c5ccccc5)nc4-c4ccc(F)cc4)c(=O)n3n2)cc1OC. The summed E-state index contributed by atoms with van der Waals surface area (Å²) in [6.07, 6.45) is 7.19. The number of aromatic nitrogens is 5. The van der Waals surface area contributed by atoms with E-state index in [0.717, 1.165) is 16.8 Å². The number of para-hydroxylation sites is 1. The molecule has 0 bridgehead atoms. The number of benzene rings is 3. The molecule has 0 fully saturated rings. The summed E-state index contributed by atoms with van der Waals surface area (Å²) < 4.78 is 27.7. The number of ether oxygens (including phenoxy) is 2. The largest absolute Gasteiger partial charge is 0.493 e. The Morgan fingerprint density at radius 3 is 2.40 bits per heavy atom. The van der Waals surface area contributed by atoms with Gasteiger partial charge in [-0.3, -0.25) is 4.79 Å². The summed E-state index contributed by atoms with van der Waals surface area (Å²) in [5, 5.41) is 9.13. The van der Waals surface area contributed by atoms with Gasteiger partial charge in [0.25, 0.3) is 5.56 Å². The maximum absolute atomic E-state index is 13.6. The van der Waals surface area contributed by atoms with Crippen molar-refractivity contribution >= 4 is 34.5 Å². The van der Waals surface area contributed by atoms with Gasteiger partial charge < -0.3 is 9.47 Å². The Hall–Kier alpha value is -5.09. The molecule has 3 aromatic carbocycles. The van der Waals surface area contributed by atoms with E-state index in [-0.39, 0.29) is 11.4 Å². The maximum Gasteiger partial charge on any atom is 0.291 e. The molecule has 198 valence electrons. The topological polar surface area (TPSA) is 83.5 Å². The summed E-state index contributed by atoms with van der Waals surface area (Å²) in [7, 11) is 3.16. The van der Waals surface area contributed by atoms with Crippen molar-refractivity contribution in [3.05, 3.63) is 117 Å². The monoisotopic (exact) mass is 551 g/mol. The lowest BCUT2D eigenvalue weighted by atomic mass is 10.1. The fourth-order valence-corrected chi connectivity index (χ4v) is 5.13. The third-order valence-corrected chi connectivity index (χ3v) is 7.16. The lowest BCUT2D eigenvalue weighted by Gasteiger charge is -2.07. The highest BCUT2D eigenvalue weighted by Crippen LogP contribution is 2.28. The number of hydrogen-bond donors (Lipinski definition) is 0. The van der Waals surface area contributed by atoms with Gasteiger partial charge in [-0.15, -0.1) is 5.10 Å². The molecule has 0 N–H and O–H groups in total. The van der Waals surface area contributed by atoms with Crippen molar-refractivity contribution in [2.45, 2.75) is 0 Å². The molecule has 0 saturated carbocycles. The van der Waals surface area contributed by atoms with Gasteiger partial charge in [0, 0.05) is 17.3 Å². The van der Waals surface area contributed by atoms with Crippen LogP contribution < -0.4 is 19.6 Å². The Morgan fingerprint density at radius 2 is 1.68 bits per heavy atom. The zero-order valence-corrected chi connectivity index (χ0v) is 22.3. The van der Waals surface area contributed by atoms with Crippen LogP contribution in [-0.4, -0.2) is 38.6 Å². The van der Waals surface area contributed by atoms with Crippen LogP contribution in [0.3, 0.4) is 0 Å². The van der Waals surface area contributed by atoms with Crippen LogP contribution in [0.25, 0.3) is 40.1 Å². The third-order valence-electron chi connectivity index (χ3n) is 6.20. The van der Waals surface area contributed by atoms with Gasteiger partial charge in [-0.05, 0) is 66.2 Å². The lowest BCUT2D eigenvalue weighted by Crippen LogP contribution is -2.23. The van der Waals surface area contributed by atoms with Crippen molar-refractivity contribution in [2.75, 3.05) is 14.2 Å². The summed E-state index contributed by atoms with van der Waals surface area (Å²) in [5.74, 6) is 1.33. The van der Waals surface area contributed by atoms with Crippen molar-refractivity contribution in [1.82, 2.24) is 24.4 Å². The molecule has 0 atom stereocenters. The van der Waals surface area contributed by atoms with Crippen molar-refractivity contribution in [2.24, 2.45) is 0 Å². The fraction of sp³-hybridized carbons (Fsp3) is 0.0667. The van der Waals surface area contributed by atoms with E-state index in [1.54, 1.807) is 43.2 Å². The molecule has 40 heavy (non-hydrogen) atoms. The molecule has 0 unspecified atom stereocenters. The molecule has 0 amide bonds. The number of hydrogen-bond acceptors (Lipinski definition) is 7. The van der Waals surface area contributed by atoms with Gasteiger partial charge in [-0.2, -0.15) is 14.6 Å². The van der Waals surface area contributed by atoms with E-state index < -0.39 is 0 Å². The highest BCUT2D eigenvalue weighted by Gasteiger charge is 2.14. The number of thiazole rings is 1. The van der Waals surface area contributed by atoms with Crippen LogP contribution in [0.1, 0.15) is 17.0 Å². The molecule has 0 aliphatic heterocycles. The van der Waals surface area contributed by atoms with Crippen molar-refractivity contribution in [3.8, 4) is 28.4 Å². The molecule has 6 rings (SSSR count). The minimum atomic E-state index is -0.333. The zero-order chi connectivity index (χ0) is 27.6. The average molecular weight is 552 g/mol. The summed E-state index contributed by atoms with van der Waals surface area (Å²) in [6, 6.07) is 21.3. The Kier molecular flexibility index (Phi) is 6.67. The van der Waals surface area contributed by atoms with Gasteiger partial charge in [0.1, 0.15) is 11.5 Å². The van der Waals surface area contributed by atoms with Crippen LogP contribution in [0, 0.1) is 5.82 Å². The number of fused-ring (bicyclic) bond motifs is 1. The molecule has 0 saturated heterocycles. The van der Waals surface area contributed by atoms with E-state index in [1.807, 2.05) is 60.8 Å². The van der Waals surface area contributed by atoms with Gasteiger partial charge in [0.15, 0.2) is 17.3 Å². The first-order valence-corrected chi connectivity index (χ1v) is 13.1. The molecular formula is C30H22FN5O3S. The van der Waals surface area contributed by atoms with Crippen molar-refractivity contribution in [3.63, 3.8) is 0 Å². The average Bonchev–Trinajstić information content (AvgIpc) is 3.67. The molecule has 6 aromatic rings. The number of nitrogens with zero attached hydrogens (tertiary/aromatic N) is 5. The maximum atomic E-state index is 13.6.